The maximum absolute atomic E-state index is 12.6. The van der Waals surface area contributed by atoms with Crippen LogP contribution in [0.15, 0.2) is 0 Å². The fourth-order valence-electron chi connectivity index (χ4n) is 3.42. The van der Waals surface area contributed by atoms with Crippen LogP contribution in [-0.2, 0) is 9.59 Å². The van der Waals surface area contributed by atoms with Crippen molar-refractivity contribution >= 4 is 17.9 Å². The third kappa shape index (κ3) is 2.69. The number of nitrogens with two attached hydrogens (primary N) is 1. The van der Waals surface area contributed by atoms with Crippen LogP contribution in [0.1, 0.15) is 39.0 Å². The van der Waals surface area contributed by atoms with Crippen LogP contribution in [0.4, 0.5) is 4.79 Å². The number of piperidine rings is 1. The zero-order valence-corrected chi connectivity index (χ0v) is 12.4. The van der Waals surface area contributed by atoms with E-state index in [9.17, 15) is 19.5 Å². The minimum atomic E-state index is -1.07. The third-order valence-electron chi connectivity index (χ3n) is 4.87. The highest BCUT2D eigenvalue weighted by Gasteiger charge is 2.49. The van der Waals surface area contributed by atoms with Crippen molar-refractivity contribution in [1.82, 2.24) is 9.80 Å². The summed E-state index contributed by atoms with van der Waals surface area (Å²) < 4.78 is 0. The van der Waals surface area contributed by atoms with Crippen molar-refractivity contribution in [1.29, 1.82) is 0 Å². The van der Waals surface area contributed by atoms with Crippen LogP contribution in [0.5, 0.6) is 0 Å². The van der Waals surface area contributed by atoms with Crippen LogP contribution in [-0.4, -0.2) is 58.0 Å². The number of urea groups is 1. The van der Waals surface area contributed by atoms with E-state index in [2.05, 4.69) is 0 Å². The number of hydrogen-bond donors (Lipinski definition) is 2. The van der Waals surface area contributed by atoms with E-state index in [0.717, 1.165) is 0 Å². The lowest BCUT2D eigenvalue weighted by Crippen LogP contribution is -2.57. The van der Waals surface area contributed by atoms with Gasteiger partial charge in [-0.05, 0) is 32.1 Å². The van der Waals surface area contributed by atoms with Crippen molar-refractivity contribution in [2.45, 2.75) is 44.6 Å². The monoisotopic (exact) mass is 297 g/mol. The minimum absolute atomic E-state index is 0.178. The largest absolute Gasteiger partial charge is 0.479 e. The summed E-state index contributed by atoms with van der Waals surface area (Å²) in [6.45, 7) is 3.21. The van der Waals surface area contributed by atoms with Crippen molar-refractivity contribution in [2.75, 3.05) is 19.6 Å². The fourth-order valence-corrected chi connectivity index (χ4v) is 3.42. The Balaban J connectivity index is 2.06. The SMILES string of the molecule is CCC1(C(=O)O)CCCN1C(=O)N1CCC(C(N)=O)CC1. The first-order valence-corrected chi connectivity index (χ1v) is 7.51. The van der Waals surface area contributed by atoms with E-state index in [1.807, 2.05) is 0 Å². The van der Waals surface area contributed by atoms with E-state index in [-0.39, 0.29) is 17.9 Å². The molecule has 21 heavy (non-hydrogen) atoms. The lowest BCUT2D eigenvalue weighted by Gasteiger charge is -2.39. The Kier molecular flexibility index (Phi) is 4.39. The summed E-state index contributed by atoms with van der Waals surface area (Å²) in [6.07, 6.45) is 2.74. The molecule has 2 saturated heterocycles. The molecule has 3 N–H and O–H groups in total. The van der Waals surface area contributed by atoms with Crippen molar-refractivity contribution in [2.24, 2.45) is 11.7 Å². The first kappa shape index (κ1) is 15.6. The number of likely N-dealkylation sites (tertiary alicyclic amines) is 2. The second-order valence-corrected chi connectivity index (χ2v) is 5.89. The van der Waals surface area contributed by atoms with Crippen molar-refractivity contribution in [3.63, 3.8) is 0 Å². The number of carboxylic acid groups (broad SMARTS) is 1. The molecule has 3 amide bonds. The van der Waals surface area contributed by atoms with Gasteiger partial charge in [-0.25, -0.2) is 9.59 Å². The highest BCUT2D eigenvalue weighted by Crippen LogP contribution is 2.34. The molecule has 2 rings (SSSR count). The van der Waals surface area contributed by atoms with E-state index < -0.39 is 11.5 Å². The Morgan fingerprint density at radius 1 is 1.24 bits per heavy atom. The Morgan fingerprint density at radius 2 is 1.86 bits per heavy atom. The van der Waals surface area contributed by atoms with E-state index in [4.69, 9.17) is 5.73 Å². The van der Waals surface area contributed by atoms with Gasteiger partial charge in [0, 0.05) is 25.6 Å². The normalized spacial score (nSPS) is 26.9. The predicted octanol–water partition coefficient (Wildman–Crippen LogP) is 0.633. The van der Waals surface area contributed by atoms with Gasteiger partial charge in [0.1, 0.15) is 5.54 Å². The number of carbonyl (C=O) groups excluding carboxylic acids is 2. The zero-order valence-electron chi connectivity index (χ0n) is 12.4. The van der Waals surface area contributed by atoms with Gasteiger partial charge in [0.25, 0.3) is 0 Å². The molecule has 0 radical (unpaired) electrons. The molecule has 7 heteroatoms. The number of nitrogens with zero attached hydrogens (tertiary/aromatic N) is 2. The zero-order chi connectivity index (χ0) is 15.6. The summed E-state index contributed by atoms with van der Waals surface area (Å²) >= 11 is 0. The third-order valence-corrected chi connectivity index (χ3v) is 4.87. The molecule has 1 atom stereocenters. The van der Waals surface area contributed by atoms with Crippen LogP contribution in [0.2, 0.25) is 0 Å². The van der Waals surface area contributed by atoms with E-state index in [0.29, 0.717) is 51.7 Å². The molecule has 0 saturated carbocycles. The number of rotatable bonds is 3. The fraction of sp³-hybridized carbons (Fsp3) is 0.786. The lowest BCUT2D eigenvalue weighted by molar-refractivity contribution is -0.148. The summed E-state index contributed by atoms with van der Waals surface area (Å²) in [4.78, 5) is 38.6. The molecular formula is C14H23N3O4. The molecule has 0 aromatic carbocycles. The molecule has 1 unspecified atom stereocenters. The van der Waals surface area contributed by atoms with E-state index in [1.165, 1.54) is 4.90 Å². The van der Waals surface area contributed by atoms with Crippen LogP contribution in [0, 0.1) is 5.92 Å². The minimum Gasteiger partial charge on any atom is -0.479 e. The molecule has 0 bridgehead atoms. The van der Waals surface area contributed by atoms with Gasteiger partial charge in [0.05, 0.1) is 0 Å². The molecule has 0 spiro atoms. The smallest absolute Gasteiger partial charge is 0.329 e. The number of amides is 3. The maximum atomic E-state index is 12.6. The Hall–Kier alpha value is -1.79. The summed E-state index contributed by atoms with van der Waals surface area (Å²) in [5.74, 6) is -1.43. The molecule has 2 heterocycles. The Bertz CT molecular complexity index is 446. The molecule has 2 fully saturated rings. The van der Waals surface area contributed by atoms with Crippen LogP contribution < -0.4 is 5.73 Å². The molecule has 7 nitrogen and oxygen atoms in total. The Labute approximate surface area is 124 Å². The average Bonchev–Trinajstić information content (AvgIpc) is 2.91. The average molecular weight is 297 g/mol. The van der Waals surface area contributed by atoms with Gasteiger partial charge in [-0.3, -0.25) is 4.79 Å². The first-order valence-electron chi connectivity index (χ1n) is 7.51. The Morgan fingerprint density at radius 3 is 2.33 bits per heavy atom. The molecule has 118 valence electrons. The van der Waals surface area contributed by atoms with Crippen molar-refractivity contribution in [3.8, 4) is 0 Å². The van der Waals surface area contributed by atoms with Crippen LogP contribution in [0.25, 0.3) is 0 Å². The molecule has 0 aliphatic carbocycles. The molecule has 0 aromatic heterocycles. The second kappa shape index (κ2) is 5.91. The van der Waals surface area contributed by atoms with Gasteiger partial charge in [-0.15, -0.1) is 0 Å². The topological polar surface area (TPSA) is 104 Å². The van der Waals surface area contributed by atoms with Gasteiger partial charge < -0.3 is 20.6 Å². The summed E-state index contributed by atoms with van der Waals surface area (Å²) in [5, 5.41) is 9.52. The van der Waals surface area contributed by atoms with Gasteiger partial charge in [0.15, 0.2) is 0 Å². The summed E-state index contributed by atoms with van der Waals surface area (Å²) in [7, 11) is 0. The predicted molar refractivity (Wildman–Crippen MR) is 75.5 cm³/mol. The number of aliphatic carboxylic acids is 1. The summed E-state index contributed by atoms with van der Waals surface area (Å²) in [6, 6.07) is -0.223. The highest BCUT2D eigenvalue weighted by molar-refractivity contribution is 5.87. The van der Waals surface area contributed by atoms with Gasteiger partial charge in [-0.1, -0.05) is 6.92 Å². The van der Waals surface area contributed by atoms with E-state index >= 15 is 0 Å². The van der Waals surface area contributed by atoms with Crippen LogP contribution in [0.3, 0.4) is 0 Å². The van der Waals surface area contributed by atoms with Crippen LogP contribution >= 0.6 is 0 Å². The second-order valence-electron chi connectivity index (χ2n) is 5.89. The van der Waals surface area contributed by atoms with Crippen molar-refractivity contribution < 1.29 is 19.5 Å². The maximum Gasteiger partial charge on any atom is 0.329 e. The number of carbonyl (C=O) groups is 3. The number of hydrogen-bond acceptors (Lipinski definition) is 3. The van der Waals surface area contributed by atoms with Crippen molar-refractivity contribution in [3.05, 3.63) is 0 Å². The number of carboxylic acids is 1. The van der Waals surface area contributed by atoms with E-state index in [1.54, 1.807) is 11.8 Å². The standard InChI is InChI=1S/C14H23N3O4/c1-2-14(12(19)20)6-3-7-17(14)13(21)16-8-4-10(5-9-16)11(15)18/h10H,2-9H2,1H3,(H2,15,18)(H,19,20). The molecule has 2 aliphatic rings. The molecule has 2 aliphatic heterocycles. The molecular weight excluding hydrogens is 274 g/mol. The summed E-state index contributed by atoms with van der Waals surface area (Å²) in [5.41, 5.74) is 4.21. The molecule has 0 aromatic rings. The quantitative estimate of drug-likeness (QED) is 0.797. The van der Waals surface area contributed by atoms with Gasteiger partial charge in [-0.2, -0.15) is 0 Å². The highest BCUT2D eigenvalue weighted by atomic mass is 16.4. The van der Waals surface area contributed by atoms with Gasteiger partial charge >= 0.3 is 12.0 Å². The van der Waals surface area contributed by atoms with Gasteiger partial charge in [0.2, 0.25) is 5.91 Å². The first-order chi connectivity index (χ1) is 9.92. The number of primary amides is 1. The lowest BCUT2D eigenvalue weighted by atomic mass is 9.93.